The third-order valence-electron chi connectivity index (χ3n) is 6.65. The van der Waals surface area contributed by atoms with Gasteiger partial charge in [-0.2, -0.15) is 4.68 Å². The van der Waals surface area contributed by atoms with Gasteiger partial charge in [-0.3, -0.25) is 14.9 Å². The quantitative estimate of drug-likeness (QED) is 0.849. The molecule has 2 aromatic heterocycles. The van der Waals surface area contributed by atoms with Crippen LogP contribution in [-0.2, 0) is 4.74 Å². The lowest BCUT2D eigenvalue weighted by molar-refractivity contribution is 0.0794. The van der Waals surface area contributed by atoms with Crippen LogP contribution in [0, 0.1) is 11.8 Å². The first-order valence-corrected chi connectivity index (χ1v) is 10.4. The summed E-state index contributed by atoms with van der Waals surface area (Å²) in [5.41, 5.74) is 4.31. The van der Waals surface area contributed by atoms with Gasteiger partial charge < -0.3 is 4.74 Å². The van der Waals surface area contributed by atoms with Crippen LogP contribution in [0.2, 0.25) is 5.28 Å². The van der Waals surface area contributed by atoms with Crippen LogP contribution < -0.4 is 10.3 Å². The Labute approximate surface area is 167 Å². The molecule has 28 heavy (non-hydrogen) atoms. The van der Waals surface area contributed by atoms with Gasteiger partial charge in [-0.1, -0.05) is 18.1 Å². The molecule has 0 bridgehead atoms. The Morgan fingerprint density at radius 2 is 2.07 bits per heavy atom. The van der Waals surface area contributed by atoms with Crippen LogP contribution in [0.4, 0.5) is 5.82 Å². The Morgan fingerprint density at radius 3 is 2.89 bits per heavy atom. The number of imidazole rings is 1. The number of nitrogens with zero attached hydrogens (tertiary/aromatic N) is 7. The Hall–Kier alpha value is -2.13. The number of hydrazone groups is 1. The molecule has 4 unspecified atom stereocenters. The molecule has 0 amide bonds. The summed E-state index contributed by atoms with van der Waals surface area (Å²) in [5.74, 6) is 2.62. The molecule has 148 valence electrons. The molecule has 6 rings (SSSR count). The minimum atomic E-state index is -0.0162. The molecule has 2 aromatic rings. The second kappa shape index (κ2) is 6.18. The summed E-state index contributed by atoms with van der Waals surface area (Å²) in [7, 11) is 1.75. The van der Waals surface area contributed by atoms with Gasteiger partial charge in [0, 0.05) is 19.1 Å². The highest BCUT2D eigenvalue weighted by atomic mass is 35.5. The van der Waals surface area contributed by atoms with Crippen LogP contribution in [0.3, 0.4) is 0 Å². The van der Waals surface area contributed by atoms with Crippen molar-refractivity contribution in [2.75, 3.05) is 12.0 Å². The number of fused-ring (bicyclic) bond motifs is 6. The molecule has 2 aliphatic heterocycles. The maximum atomic E-state index is 6.50. The molecule has 1 N–H and O–H groups in total. The largest absolute Gasteiger partial charge is 0.375 e. The Balaban J connectivity index is 1.44. The molecule has 4 heterocycles. The van der Waals surface area contributed by atoms with Crippen molar-refractivity contribution < 1.29 is 4.74 Å². The minimum absolute atomic E-state index is 0.0162. The zero-order valence-electron chi connectivity index (χ0n) is 15.7. The number of ether oxygens (including phenoxy) is 1. The lowest BCUT2D eigenvalue weighted by atomic mass is 9.80. The Bertz CT molecular complexity index is 934. The van der Waals surface area contributed by atoms with E-state index in [2.05, 4.69) is 30.2 Å². The Morgan fingerprint density at radius 1 is 1.21 bits per heavy atom. The van der Waals surface area contributed by atoms with Crippen LogP contribution in [0.1, 0.15) is 56.4 Å². The third-order valence-corrected chi connectivity index (χ3v) is 6.93. The number of rotatable bonds is 3. The first-order chi connectivity index (χ1) is 13.8. The molecular formula is C18H23ClN8O. The van der Waals surface area contributed by atoms with E-state index in [0.717, 1.165) is 24.4 Å². The number of aromatic nitrogens is 5. The van der Waals surface area contributed by atoms with Crippen molar-refractivity contribution in [1.82, 2.24) is 30.0 Å². The van der Waals surface area contributed by atoms with E-state index in [-0.39, 0.29) is 12.3 Å². The van der Waals surface area contributed by atoms with Gasteiger partial charge in [0.1, 0.15) is 18.1 Å². The van der Waals surface area contributed by atoms with Gasteiger partial charge in [0.15, 0.2) is 0 Å². The lowest BCUT2D eigenvalue weighted by Crippen LogP contribution is -2.55. The lowest BCUT2D eigenvalue weighted by Gasteiger charge is -2.45. The topological polar surface area (TPSA) is 85.4 Å². The van der Waals surface area contributed by atoms with E-state index in [1.54, 1.807) is 13.3 Å². The van der Waals surface area contributed by atoms with Crippen molar-refractivity contribution in [3.05, 3.63) is 23.4 Å². The molecular weight excluding hydrogens is 380 g/mol. The van der Waals surface area contributed by atoms with E-state index in [1.807, 2.05) is 10.9 Å². The van der Waals surface area contributed by atoms with Gasteiger partial charge in [0.05, 0.1) is 18.1 Å². The van der Waals surface area contributed by atoms with Crippen LogP contribution in [0.5, 0.6) is 0 Å². The Kier molecular flexibility index (Phi) is 3.71. The summed E-state index contributed by atoms with van der Waals surface area (Å²) in [6.45, 7) is 0. The summed E-state index contributed by atoms with van der Waals surface area (Å²) in [4.78, 5) is 6.60. The van der Waals surface area contributed by atoms with E-state index >= 15 is 0 Å². The molecule has 2 saturated carbocycles. The summed E-state index contributed by atoms with van der Waals surface area (Å²) in [6, 6.07) is 0.357. The van der Waals surface area contributed by atoms with Crippen LogP contribution in [-0.4, -0.2) is 43.8 Å². The number of methoxy groups -OCH3 is 1. The maximum Gasteiger partial charge on any atom is 0.252 e. The van der Waals surface area contributed by atoms with Gasteiger partial charge >= 0.3 is 0 Å². The number of hydrogen-bond acceptors (Lipinski definition) is 7. The van der Waals surface area contributed by atoms with Crippen LogP contribution in [0.25, 0.3) is 0 Å². The van der Waals surface area contributed by atoms with Gasteiger partial charge in [0.25, 0.3) is 5.96 Å². The summed E-state index contributed by atoms with van der Waals surface area (Å²) in [5, 5.41) is 13.8. The van der Waals surface area contributed by atoms with E-state index < -0.39 is 0 Å². The maximum absolute atomic E-state index is 6.50. The highest BCUT2D eigenvalue weighted by molar-refractivity contribution is 6.28. The van der Waals surface area contributed by atoms with Gasteiger partial charge in [-0.25, -0.2) is 4.98 Å². The van der Waals surface area contributed by atoms with Crippen molar-refractivity contribution >= 4 is 23.4 Å². The summed E-state index contributed by atoms with van der Waals surface area (Å²) < 4.78 is 9.77. The van der Waals surface area contributed by atoms with Crippen LogP contribution in [0.15, 0.2) is 17.5 Å². The standard InChI is InChI=1S/C18H23ClN8O/c1-28-15(10-6-7-10)13-8-21-24-27(13)18-23-22-16-11-4-2-3-5-12(11)25-14(26(16)18)9-20-17(25)19/h8-12,15-16,22H,2-7H2,1H3. The molecule has 0 saturated heterocycles. The molecule has 0 radical (unpaired) electrons. The second-order valence-corrected chi connectivity index (χ2v) is 8.53. The minimum Gasteiger partial charge on any atom is -0.375 e. The predicted octanol–water partition coefficient (Wildman–Crippen LogP) is 2.53. The second-order valence-electron chi connectivity index (χ2n) is 8.19. The zero-order chi connectivity index (χ0) is 18.8. The van der Waals surface area contributed by atoms with E-state index in [9.17, 15) is 0 Å². The third kappa shape index (κ3) is 2.29. The molecule has 9 nitrogen and oxygen atoms in total. The first-order valence-electron chi connectivity index (χ1n) is 10.1. The molecule has 4 atom stereocenters. The molecule has 4 aliphatic rings. The highest BCUT2D eigenvalue weighted by Gasteiger charge is 2.49. The van der Waals surface area contributed by atoms with Crippen molar-refractivity contribution in [2.45, 2.75) is 56.8 Å². The molecule has 0 spiro atoms. The van der Waals surface area contributed by atoms with Gasteiger partial charge in [0.2, 0.25) is 5.28 Å². The predicted molar refractivity (Wildman–Crippen MR) is 103 cm³/mol. The van der Waals surface area contributed by atoms with Crippen molar-refractivity contribution in [1.29, 1.82) is 0 Å². The molecule has 2 fully saturated rings. The number of halogens is 1. The van der Waals surface area contributed by atoms with Crippen molar-refractivity contribution in [3.8, 4) is 0 Å². The van der Waals surface area contributed by atoms with E-state index in [4.69, 9.17) is 21.4 Å². The van der Waals surface area contributed by atoms with Gasteiger partial charge in [-0.05, 0) is 43.2 Å². The highest BCUT2D eigenvalue weighted by Crippen LogP contribution is 2.47. The molecule has 2 aliphatic carbocycles. The van der Waals surface area contributed by atoms with Gasteiger partial charge in [-0.15, -0.1) is 10.2 Å². The fourth-order valence-electron chi connectivity index (χ4n) is 5.23. The molecule has 10 heteroatoms. The van der Waals surface area contributed by atoms with Crippen molar-refractivity contribution in [2.24, 2.45) is 16.9 Å². The summed E-state index contributed by atoms with van der Waals surface area (Å²) >= 11 is 6.50. The average molecular weight is 403 g/mol. The SMILES string of the molecule is COC(c1cnnn1C1=NNC2C3CCCCC3n3c(cnc3Cl)N12)C1CC1. The zero-order valence-corrected chi connectivity index (χ0v) is 16.5. The fraction of sp³-hybridized carbons (Fsp3) is 0.667. The fourth-order valence-corrected chi connectivity index (χ4v) is 5.49. The summed E-state index contributed by atoms with van der Waals surface area (Å²) in [6.07, 6.45) is 10.8. The monoisotopic (exact) mass is 402 g/mol. The first kappa shape index (κ1) is 16.8. The van der Waals surface area contributed by atoms with E-state index in [1.165, 1.54) is 25.7 Å². The number of nitrogens with one attached hydrogen (secondary N) is 1. The number of hydrogen-bond donors (Lipinski definition) is 1. The average Bonchev–Trinajstić information content (AvgIpc) is 3.11. The van der Waals surface area contributed by atoms with Crippen LogP contribution >= 0.6 is 11.6 Å². The smallest absolute Gasteiger partial charge is 0.252 e. The molecule has 0 aromatic carbocycles. The van der Waals surface area contributed by atoms with Crippen molar-refractivity contribution in [3.63, 3.8) is 0 Å². The number of anilines is 1. The normalized spacial score (nSPS) is 29.6. The van der Waals surface area contributed by atoms with E-state index in [0.29, 0.717) is 29.1 Å².